The number of hydrogen-bond donors (Lipinski definition) is 0. The normalized spacial score (nSPS) is 10.5. The van der Waals surface area contributed by atoms with Crippen molar-refractivity contribution in [1.29, 1.82) is 0 Å². The van der Waals surface area contributed by atoms with Gasteiger partial charge < -0.3 is 0 Å². The minimum atomic E-state index is -0.743. The Bertz CT molecular complexity index is 544. The van der Waals surface area contributed by atoms with Crippen LogP contribution in [0.15, 0.2) is 24.5 Å². The molecule has 1 heterocycles. The molecule has 0 aliphatic carbocycles. The summed E-state index contributed by atoms with van der Waals surface area (Å²) in [5.41, 5.74) is 0.827. The fourth-order valence-electron chi connectivity index (χ4n) is 1.29. The third-order valence-electron chi connectivity index (χ3n) is 2.19. The molecule has 0 atom stereocenters. The minimum Gasteiger partial charge on any atom is -0.233 e. The van der Waals surface area contributed by atoms with Gasteiger partial charge in [0.15, 0.2) is 11.0 Å². The summed E-state index contributed by atoms with van der Waals surface area (Å²) in [7, 11) is 0. The monoisotopic (exact) mass is 240 g/mol. The standard InChI is InChI=1S/C11H7ClF2N2/c1-6-2-3-7(4-8(6)13)10-9(14)11(12)16-5-15-10/h2-5H,1H3. The fourth-order valence-corrected chi connectivity index (χ4v) is 1.42. The van der Waals surface area contributed by atoms with Crippen molar-refractivity contribution in [2.75, 3.05) is 0 Å². The van der Waals surface area contributed by atoms with E-state index in [4.69, 9.17) is 11.6 Å². The van der Waals surface area contributed by atoms with Crippen LogP contribution in [0.1, 0.15) is 5.56 Å². The first-order chi connectivity index (χ1) is 7.59. The van der Waals surface area contributed by atoms with Crippen molar-refractivity contribution in [2.45, 2.75) is 6.92 Å². The summed E-state index contributed by atoms with van der Waals surface area (Å²) < 4.78 is 26.8. The molecule has 0 fully saturated rings. The van der Waals surface area contributed by atoms with Gasteiger partial charge in [0, 0.05) is 5.56 Å². The van der Waals surface area contributed by atoms with Crippen LogP contribution < -0.4 is 0 Å². The van der Waals surface area contributed by atoms with Crippen LogP contribution >= 0.6 is 11.6 Å². The van der Waals surface area contributed by atoms with E-state index in [1.807, 2.05) is 0 Å². The number of halogens is 3. The first kappa shape index (κ1) is 11.0. The predicted octanol–water partition coefficient (Wildman–Crippen LogP) is 3.38. The molecule has 1 aromatic carbocycles. The zero-order valence-electron chi connectivity index (χ0n) is 8.34. The molecule has 0 aliphatic rings. The van der Waals surface area contributed by atoms with Crippen molar-refractivity contribution in [2.24, 2.45) is 0 Å². The minimum absolute atomic E-state index is 0.00102. The average Bonchev–Trinajstić information content (AvgIpc) is 2.26. The fraction of sp³-hybridized carbons (Fsp3) is 0.0909. The van der Waals surface area contributed by atoms with Crippen LogP contribution in [0, 0.1) is 18.6 Å². The topological polar surface area (TPSA) is 25.8 Å². The summed E-state index contributed by atoms with van der Waals surface area (Å²) in [5, 5.41) is -0.272. The maximum Gasteiger partial charge on any atom is 0.186 e. The molecule has 0 unspecified atom stereocenters. The number of aryl methyl sites for hydroxylation is 1. The number of benzene rings is 1. The van der Waals surface area contributed by atoms with Gasteiger partial charge in [-0.2, -0.15) is 0 Å². The van der Waals surface area contributed by atoms with E-state index in [-0.39, 0.29) is 10.8 Å². The molecule has 82 valence electrons. The first-order valence-corrected chi connectivity index (χ1v) is 4.90. The highest BCUT2D eigenvalue weighted by molar-refractivity contribution is 6.29. The zero-order chi connectivity index (χ0) is 11.7. The predicted molar refractivity (Wildman–Crippen MR) is 57.1 cm³/mol. The molecule has 5 heteroatoms. The lowest BCUT2D eigenvalue weighted by Gasteiger charge is -2.04. The van der Waals surface area contributed by atoms with Crippen molar-refractivity contribution >= 4 is 11.6 Å². The van der Waals surface area contributed by atoms with E-state index in [9.17, 15) is 8.78 Å². The molecular formula is C11H7ClF2N2. The highest BCUT2D eigenvalue weighted by Crippen LogP contribution is 2.25. The second kappa shape index (κ2) is 4.14. The van der Waals surface area contributed by atoms with Gasteiger partial charge in [-0.3, -0.25) is 0 Å². The van der Waals surface area contributed by atoms with E-state index in [1.165, 1.54) is 6.07 Å². The van der Waals surface area contributed by atoms with E-state index < -0.39 is 11.6 Å². The largest absolute Gasteiger partial charge is 0.233 e. The van der Waals surface area contributed by atoms with Crippen LogP contribution in [-0.2, 0) is 0 Å². The van der Waals surface area contributed by atoms with Gasteiger partial charge in [-0.25, -0.2) is 18.7 Å². The summed E-state index contributed by atoms with van der Waals surface area (Å²) in [5.74, 6) is -1.15. The number of rotatable bonds is 1. The van der Waals surface area contributed by atoms with Crippen molar-refractivity contribution in [3.8, 4) is 11.3 Å². The van der Waals surface area contributed by atoms with Crippen LogP contribution in [0.5, 0.6) is 0 Å². The lowest BCUT2D eigenvalue weighted by atomic mass is 10.1. The second-order valence-electron chi connectivity index (χ2n) is 3.29. The maximum absolute atomic E-state index is 13.5. The third kappa shape index (κ3) is 1.88. The molecule has 2 rings (SSSR count). The summed E-state index contributed by atoms with van der Waals surface area (Å²) >= 11 is 5.51. The Morgan fingerprint density at radius 1 is 1.19 bits per heavy atom. The molecule has 0 saturated carbocycles. The Kier molecular flexibility index (Phi) is 2.83. The van der Waals surface area contributed by atoms with Gasteiger partial charge in [0.05, 0.1) is 0 Å². The van der Waals surface area contributed by atoms with Gasteiger partial charge >= 0.3 is 0 Å². The summed E-state index contributed by atoms with van der Waals surface area (Å²) in [6.07, 6.45) is 1.14. The number of hydrogen-bond acceptors (Lipinski definition) is 2. The van der Waals surface area contributed by atoms with E-state index in [1.54, 1.807) is 19.1 Å². The van der Waals surface area contributed by atoms with Crippen LogP contribution in [-0.4, -0.2) is 9.97 Å². The molecule has 16 heavy (non-hydrogen) atoms. The van der Waals surface area contributed by atoms with E-state index in [2.05, 4.69) is 9.97 Å². The third-order valence-corrected chi connectivity index (χ3v) is 2.46. The van der Waals surface area contributed by atoms with E-state index in [0.29, 0.717) is 11.1 Å². The molecule has 2 nitrogen and oxygen atoms in total. The summed E-state index contributed by atoms with van der Waals surface area (Å²) in [4.78, 5) is 7.23. The quantitative estimate of drug-likeness (QED) is 0.714. The molecule has 0 spiro atoms. The Hall–Kier alpha value is -1.55. The summed E-state index contributed by atoms with van der Waals surface area (Å²) in [6.45, 7) is 1.63. The van der Waals surface area contributed by atoms with Crippen molar-refractivity contribution in [3.05, 3.63) is 46.9 Å². The highest BCUT2D eigenvalue weighted by Gasteiger charge is 2.12. The van der Waals surface area contributed by atoms with Gasteiger partial charge in [-0.05, 0) is 18.6 Å². The lowest BCUT2D eigenvalue weighted by Crippen LogP contribution is -1.94. The smallest absolute Gasteiger partial charge is 0.186 e. The molecule has 1 aromatic heterocycles. The van der Waals surface area contributed by atoms with Crippen LogP contribution in [0.2, 0.25) is 5.15 Å². The maximum atomic E-state index is 13.5. The molecule has 0 N–H and O–H groups in total. The lowest BCUT2D eigenvalue weighted by molar-refractivity contribution is 0.613. The van der Waals surface area contributed by atoms with E-state index >= 15 is 0 Å². The Labute approximate surface area is 95.9 Å². The summed E-state index contributed by atoms with van der Waals surface area (Å²) in [6, 6.07) is 4.36. The van der Waals surface area contributed by atoms with Crippen molar-refractivity contribution < 1.29 is 8.78 Å². The van der Waals surface area contributed by atoms with Gasteiger partial charge in [0.2, 0.25) is 0 Å². The number of aromatic nitrogens is 2. The molecule has 0 bridgehead atoms. The highest BCUT2D eigenvalue weighted by atomic mass is 35.5. The molecule has 0 aliphatic heterocycles. The van der Waals surface area contributed by atoms with Crippen LogP contribution in [0.3, 0.4) is 0 Å². The molecule has 2 aromatic rings. The SMILES string of the molecule is Cc1ccc(-c2ncnc(Cl)c2F)cc1F. The van der Waals surface area contributed by atoms with Gasteiger partial charge in [0.25, 0.3) is 0 Å². The van der Waals surface area contributed by atoms with Crippen molar-refractivity contribution in [1.82, 2.24) is 9.97 Å². The van der Waals surface area contributed by atoms with Crippen molar-refractivity contribution in [3.63, 3.8) is 0 Å². The average molecular weight is 241 g/mol. The molecule has 0 amide bonds. The van der Waals surface area contributed by atoms with Crippen LogP contribution in [0.25, 0.3) is 11.3 Å². The first-order valence-electron chi connectivity index (χ1n) is 4.52. The van der Waals surface area contributed by atoms with Gasteiger partial charge in [-0.1, -0.05) is 23.7 Å². The zero-order valence-corrected chi connectivity index (χ0v) is 9.09. The van der Waals surface area contributed by atoms with Gasteiger partial charge in [-0.15, -0.1) is 0 Å². The Balaban J connectivity index is 2.59. The molecule has 0 saturated heterocycles. The second-order valence-corrected chi connectivity index (χ2v) is 3.65. The Morgan fingerprint density at radius 2 is 1.94 bits per heavy atom. The number of nitrogens with zero attached hydrogens (tertiary/aromatic N) is 2. The van der Waals surface area contributed by atoms with Gasteiger partial charge in [0.1, 0.15) is 17.8 Å². The molecule has 0 radical (unpaired) electrons. The van der Waals surface area contributed by atoms with Crippen LogP contribution in [0.4, 0.5) is 8.78 Å². The van der Waals surface area contributed by atoms with E-state index in [0.717, 1.165) is 6.33 Å². The Morgan fingerprint density at radius 3 is 2.62 bits per heavy atom. The molecular weight excluding hydrogens is 234 g/mol.